The largest absolute Gasteiger partial charge is 0.494 e. The SMILES string of the molecule is CCC1CN=C(c2cc3cc(Oc4ccc(SC)nc4)cc(OC)c3[nH]2)S1. The topological polar surface area (TPSA) is 59.5 Å². The molecule has 0 saturated carbocycles. The van der Waals surface area contributed by atoms with Crippen LogP contribution in [0.3, 0.4) is 0 Å². The minimum atomic E-state index is 0.573. The number of hydrogen-bond donors (Lipinski definition) is 1. The molecule has 0 aliphatic carbocycles. The summed E-state index contributed by atoms with van der Waals surface area (Å²) in [5.74, 6) is 2.17. The summed E-state index contributed by atoms with van der Waals surface area (Å²) >= 11 is 3.44. The van der Waals surface area contributed by atoms with E-state index in [2.05, 4.69) is 28.0 Å². The predicted octanol–water partition coefficient (Wildman–Crippen LogP) is 5.36. The summed E-state index contributed by atoms with van der Waals surface area (Å²) in [6.07, 6.45) is 4.86. The van der Waals surface area contributed by atoms with E-state index in [0.717, 1.165) is 51.1 Å². The second kappa shape index (κ2) is 7.86. The van der Waals surface area contributed by atoms with Crippen molar-refractivity contribution in [3.63, 3.8) is 0 Å². The number of ether oxygens (including phenoxy) is 2. The van der Waals surface area contributed by atoms with E-state index in [1.165, 1.54) is 0 Å². The smallest absolute Gasteiger partial charge is 0.146 e. The molecule has 4 rings (SSSR count). The van der Waals surface area contributed by atoms with Crippen molar-refractivity contribution in [1.82, 2.24) is 9.97 Å². The average Bonchev–Trinajstić information content (AvgIpc) is 3.34. The molecule has 0 radical (unpaired) electrons. The number of thioether (sulfide) groups is 2. The lowest BCUT2D eigenvalue weighted by molar-refractivity contribution is 0.413. The van der Waals surface area contributed by atoms with Crippen molar-refractivity contribution in [1.29, 1.82) is 0 Å². The fraction of sp³-hybridized carbons (Fsp3) is 0.300. The maximum atomic E-state index is 6.00. The van der Waals surface area contributed by atoms with Crippen LogP contribution in [0.25, 0.3) is 10.9 Å². The number of nitrogens with zero attached hydrogens (tertiary/aromatic N) is 2. The Morgan fingerprint density at radius 2 is 2.15 bits per heavy atom. The van der Waals surface area contributed by atoms with Gasteiger partial charge in [-0.2, -0.15) is 0 Å². The maximum Gasteiger partial charge on any atom is 0.146 e. The third kappa shape index (κ3) is 3.80. The molecular weight excluding hydrogens is 378 g/mol. The summed E-state index contributed by atoms with van der Waals surface area (Å²) in [7, 11) is 1.67. The number of aromatic amines is 1. The molecule has 3 heterocycles. The first-order valence-electron chi connectivity index (χ1n) is 8.80. The van der Waals surface area contributed by atoms with E-state index in [9.17, 15) is 0 Å². The highest BCUT2D eigenvalue weighted by atomic mass is 32.2. The molecular formula is C20H21N3O2S2. The molecule has 0 amide bonds. The first kappa shape index (κ1) is 18.3. The number of aliphatic imine (C=N–C) groups is 1. The van der Waals surface area contributed by atoms with Crippen LogP contribution in [0.15, 0.2) is 46.5 Å². The van der Waals surface area contributed by atoms with Crippen molar-refractivity contribution >= 4 is 39.5 Å². The zero-order valence-electron chi connectivity index (χ0n) is 15.5. The molecule has 0 saturated heterocycles. The number of H-pyrrole nitrogens is 1. The number of methoxy groups -OCH3 is 1. The van der Waals surface area contributed by atoms with Gasteiger partial charge >= 0.3 is 0 Å². The van der Waals surface area contributed by atoms with Gasteiger partial charge in [-0.3, -0.25) is 4.99 Å². The van der Waals surface area contributed by atoms with Crippen LogP contribution in [0.2, 0.25) is 0 Å². The standard InChI is InChI=1S/C20H21N3O2S2/c1-4-15-11-22-20(27-15)16-8-12-7-14(9-17(24-2)19(12)23-16)25-13-5-6-18(26-3)21-10-13/h5-10,15,23H,4,11H2,1-3H3. The van der Waals surface area contributed by atoms with Gasteiger partial charge in [0.05, 0.1) is 36.1 Å². The van der Waals surface area contributed by atoms with Crippen LogP contribution < -0.4 is 9.47 Å². The molecule has 1 N–H and O–H groups in total. The molecule has 7 heteroatoms. The van der Waals surface area contributed by atoms with Gasteiger partial charge in [-0.05, 0) is 36.9 Å². The molecule has 1 aliphatic heterocycles. The number of nitrogens with one attached hydrogen (secondary N) is 1. The minimum Gasteiger partial charge on any atom is -0.494 e. The van der Waals surface area contributed by atoms with Gasteiger partial charge in [0.25, 0.3) is 0 Å². The van der Waals surface area contributed by atoms with Gasteiger partial charge in [0.2, 0.25) is 0 Å². The molecule has 3 aromatic rings. The predicted molar refractivity (Wildman–Crippen MR) is 114 cm³/mol. The summed E-state index contributed by atoms with van der Waals surface area (Å²) in [6.45, 7) is 3.09. The molecule has 27 heavy (non-hydrogen) atoms. The van der Waals surface area contributed by atoms with E-state index >= 15 is 0 Å². The number of aromatic nitrogens is 2. The van der Waals surface area contributed by atoms with Crippen LogP contribution in [-0.2, 0) is 0 Å². The zero-order valence-corrected chi connectivity index (χ0v) is 17.1. The molecule has 1 unspecified atom stereocenters. The summed E-state index contributed by atoms with van der Waals surface area (Å²) < 4.78 is 11.6. The Balaban J connectivity index is 1.64. The molecule has 1 aromatic carbocycles. The molecule has 5 nitrogen and oxygen atoms in total. The molecule has 1 aliphatic rings. The minimum absolute atomic E-state index is 0.573. The average molecular weight is 400 g/mol. The Bertz CT molecular complexity index is 983. The van der Waals surface area contributed by atoms with E-state index in [-0.39, 0.29) is 0 Å². The van der Waals surface area contributed by atoms with Crippen LogP contribution in [0.1, 0.15) is 19.0 Å². The van der Waals surface area contributed by atoms with Crippen LogP contribution in [0, 0.1) is 0 Å². The van der Waals surface area contributed by atoms with Gasteiger partial charge in [-0.25, -0.2) is 4.98 Å². The van der Waals surface area contributed by atoms with Crippen molar-refractivity contribution < 1.29 is 9.47 Å². The third-order valence-corrected chi connectivity index (χ3v) is 6.49. The Labute approximate surface area is 167 Å². The maximum absolute atomic E-state index is 6.00. The quantitative estimate of drug-likeness (QED) is 0.566. The van der Waals surface area contributed by atoms with Gasteiger partial charge in [-0.1, -0.05) is 18.7 Å². The summed E-state index contributed by atoms with van der Waals surface area (Å²) in [6, 6.07) is 9.89. The Morgan fingerprint density at radius 3 is 2.81 bits per heavy atom. The number of hydrogen-bond acceptors (Lipinski definition) is 6. The third-order valence-electron chi connectivity index (χ3n) is 4.44. The van der Waals surface area contributed by atoms with Gasteiger partial charge in [0, 0.05) is 16.7 Å². The van der Waals surface area contributed by atoms with Gasteiger partial charge in [0.1, 0.15) is 22.3 Å². The molecule has 0 bridgehead atoms. The van der Waals surface area contributed by atoms with Crippen molar-refractivity contribution in [2.75, 3.05) is 19.9 Å². The molecule has 140 valence electrons. The zero-order chi connectivity index (χ0) is 18.8. The lowest BCUT2D eigenvalue weighted by Crippen LogP contribution is -2.00. The van der Waals surface area contributed by atoms with Crippen molar-refractivity contribution in [2.24, 2.45) is 4.99 Å². The number of rotatable bonds is 6. The second-order valence-electron chi connectivity index (χ2n) is 6.21. The fourth-order valence-corrected chi connectivity index (χ4v) is 4.36. The van der Waals surface area contributed by atoms with Crippen LogP contribution in [-0.4, -0.2) is 40.2 Å². The van der Waals surface area contributed by atoms with Crippen LogP contribution >= 0.6 is 23.5 Å². The first-order chi connectivity index (χ1) is 13.2. The first-order valence-corrected chi connectivity index (χ1v) is 10.9. The van der Waals surface area contributed by atoms with Crippen molar-refractivity contribution in [3.05, 3.63) is 42.2 Å². The Hall–Kier alpha value is -2.12. The monoisotopic (exact) mass is 399 g/mol. The molecule has 2 aromatic heterocycles. The second-order valence-corrected chi connectivity index (χ2v) is 8.32. The van der Waals surface area contributed by atoms with E-state index in [0.29, 0.717) is 11.0 Å². The van der Waals surface area contributed by atoms with Gasteiger partial charge in [-0.15, -0.1) is 11.8 Å². The molecule has 0 spiro atoms. The number of fused-ring (bicyclic) bond motifs is 1. The summed E-state index contributed by atoms with van der Waals surface area (Å²) in [4.78, 5) is 12.5. The van der Waals surface area contributed by atoms with E-state index in [4.69, 9.17) is 9.47 Å². The highest BCUT2D eigenvalue weighted by Crippen LogP contribution is 2.36. The van der Waals surface area contributed by atoms with Crippen LogP contribution in [0.5, 0.6) is 17.2 Å². The molecule has 1 atom stereocenters. The lowest BCUT2D eigenvalue weighted by atomic mass is 10.2. The Kier molecular flexibility index (Phi) is 5.31. The van der Waals surface area contributed by atoms with E-state index < -0.39 is 0 Å². The van der Waals surface area contributed by atoms with E-state index in [1.54, 1.807) is 25.1 Å². The number of benzene rings is 1. The number of pyridine rings is 1. The van der Waals surface area contributed by atoms with Crippen molar-refractivity contribution in [3.8, 4) is 17.2 Å². The van der Waals surface area contributed by atoms with E-state index in [1.807, 2.05) is 42.3 Å². The lowest BCUT2D eigenvalue weighted by Gasteiger charge is -2.08. The summed E-state index contributed by atoms with van der Waals surface area (Å²) in [5.41, 5.74) is 1.99. The van der Waals surface area contributed by atoms with Crippen molar-refractivity contribution in [2.45, 2.75) is 23.6 Å². The van der Waals surface area contributed by atoms with Crippen LogP contribution in [0.4, 0.5) is 0 Å². The summed E-state index contributed by atoms with van der Waals surface area (Å²) in [5, 5.41) is 3.64. The highest BCUT2D eigenvalue weighted by Gasteiger charge is 2.21. The fourth-order valence-electron chi connectivity index (χ4n) is 2.98. The van der Waals surface area contributed by atoms with Gasteiger partial charge < -0.3 is 14.5 Å². The highest BCUT2D eigenvalue weighted by molar-refractivity contribution is 8.15. The molecule has 0 fully saturated rings. The normalized spacial score (nSPS) is 16.6. The Morgan fingerprint density at radius 1 is 1.26 bits per heavy atom. The van der Waals surface area contributed by atoms with Gasteiger partial charge in [0.15, 0.2) is 0 Å².